The molecule has 2 rings (SSSR count). The third-order valence-corrected chi connectivity index (χ3v) is 4.58. The van der Waals surface area contributed by atoms with Gasteiger partial charge in [0.05, 0.1) is 30.5 Å². The topological polar surface area (TPSA) is 68.3 Å². The normalized spacial score (nSPS) is 22.4. The zero-order valence-corrected chi connectivity index (χ0v) is 10.8. The lowest BCUT2D eigenvalue weighted by atomic mass is 10.2. The van der Waals surface area contributed by atoms with Gasteiger partial charge in [0.1, 0.15) is 0 Å². The van der Waals surface area contributed by atoms with Gasteiger partial charge in [0, 0.05) is 11.7 Å². The van der Waals surface area contributed by atoms with E-state index in [9.17, 15) is 8.42 Å². The molecule has 17 heavy (non-hydrogen) atoms. The van der Waals surface area contributed by atoms with Crippen molar-refractivity contribution in [2.45, 2.75) is 19.4 Å². The number of ether oxygens (including phenoxy) is 1. The van der Waals surface area contributed by atoms with Crippen molar-refractivity contribution in [3.05, 3.63) is 18.0 Å². The van der Waals surface area contributed by atoms with Crippen LogP contribution in [0, 0.1) is 6.92 Å². The Morgan fingerprint density at radius 1 is 1.53 bits per heavy atom. The highest BCUT2D eigenvalue weighted by atomic mass is 32.2. The van der Waals surface area contributed by atoms with Crippen molar-refractivity contribution in [3.63, 3.8) is 0 Å². The van der Waals surface area contributed by atoms with Gasteiger partial charge in [-0.2, -0.15) is 0 Å². The van der Waals surface area contributed by atoms with Gasteiger partial charge in [0.25, 0.3) is 0 Å². The van der Waals surface area contributed by atoms with Crippen molar-refractivity contribution in [1.82, 2.24) is 4.98 Å². The average molecular weight is 256 g/mol. The van der Waals surface area contributed by atoms with Crippen LogP contribution in [0.1, 0.15) is 12.1 Å². The van der Waals surface area contributed by atoms with Crippen molar-refractivity contribution >= 4 is 15.5 Å². The van der Waals surface area contributed by atoms with Gasteiger partial charge in [0.15, 0.2) is 15.6 Å². The van der Waals surface area contributed by atoms with E-state index in [2.05, 4.69) is 10.3 Å². The van der Waals surface area contributed by atoms with Gasteiger partial charge < -0.3 is 10.1 Å². The third-order valence-electron chi connectivity index (χ3n) is 2.82. The molecule has 1 aliphatic rings. The summed E-state index contributed by atoms with van der Waals surface area (Å²) in [6, 6.07) is 1.83. The zero-order valence-electron chi connectivity index (χ0n) is 9.93. The van der Waals surface area contributed by atoms with Crippen LogP contribution >= 0.6 is 0 Å². The predicted octanol–water partition coefficient (Wildman–Crippen LogP) is 0.998. The van der Waals surface area contributed by atoms with Crippen LogP contribution in [0.2, 0.25) is 0 Å². The SMILES string of the molecule is COc1cnc(C)cc1NC1CCS(=O)(=O)C1. The van der Waals surface area contributed by atoms with Gasteiger partial charge in [-0.1, -0.05) is 0 Å². The lowest BCUT2D eigenvalue weighted by molar-refractivity contribution is 0.414. The average Bonchev–Trinajstić information content (AvgIpc) is 2.58. The molecular formula is C11H16N2O3S. The van der Waals surface area contributed by atoms with Crippen LogP contribution in [0.5, 0.6) is 5.75 Å². The molecule has 1 aromatic heterocycles. The maximum atomic E-state index is 11.4. The molecule has 1 fully saturated rings. The molecule has 0 amide bonds. The van der Waals surface area contributed by atoms with Gasteiger partial charge >= 0.3 is 0 Å². The summed E-state index contributed by atoms with van der Waals surface area (Å²) in [6.45, 7) is 1.88. The van der Waals surface area contributed by atoms with Crippen molar-refractivity contribution in [2.24, 2.45) is 0 Å². The fraction of sp³-hybridized carbons (Fsp3) is 0.545. The second kappa shape index (κ2) is 4.52. The summed E-state index contributed by atoms with van der Waals surface area (Å²) in [6.07, 6.45) is 2.29. The van der Waals surface area contributed by atoms with E-state index in [0.29, 0.717) is 12.2 Å². The molecule has 1 atom stereocenters. The van der Waals surface area contributed by atoms with Crippen LogP contribution < -0.4 is 10.1 Å². The highest BCUT2D eigenvalue weighted by Crippen LogP contribution is 2.26. The first-order valence-corrected chi connectivity index (χ1v) is 7.30. The van der Waals surface area contributed by atoms with Crippen molar-refractivity contribution < 1.29 is 13.2 Å². The van der Waals surface area contributed by atoms with E-state index in [-0.39, 0.29) is 17.5 Å². The van der Waals surface area contributed by atoms with E-state index in [0.717, 1.165) is 11.4 Å². The number of nitrogens with one attached hydrogen (secondary N) is 1. The highest BCUT2D eigenvalue weighted by Gasteiger charge is 2.28. The number of sulfone groups is 1. The summed E-state index contributed by atoms with van der Waals surface area (Å²) >= 11 is 0. The number of hydrogen-bond acceptors (Lipinski definition) is 5. The Morgan fingerprint density at radius 3 is 2.88 bits per heavy atom. The van der Waals surface area contributed by atoms with E-state index < -0.39 is 9.84 Å². The fourth-order valence-electron chi connectivity index (χ4n) is 1.95. The molecule has 0 bridgehead atoms. The maximum absolute atomic E-state index is 11.4. The number of nitrogens with zero attached hydrogens (tertiary/aromatic N) is 1. The van der Waals surface area contributed by atoms with Crippen LogP contribution in [-0.4, -0.2) is 38.1 Å². The van der Waals surface area contributed by atoms with Crippen LogP contribution in [0.3, 0.4) is 0 Å². The molecule has 1 unspecified atom stereocenters. The van der Waals surface area contributed by atoms with Gasteiger partial charge in [-0.3, -0.25) is 4.98 Å². The van der Waals surface area contributed by atoms with E-state index in [1.54, 1.807) is 13.3 Å². The first-order valence-electron chi connectivity index (χ1n) is 5.48. The van der Waals surface area contributed by atoms with Gasteiger partial charge in [-0.15, -0.1) is 0 Å². The Bertz CT molecular complexity index is 513. The number of aryl methyl sites for hydroxylation is 1. The van der Waals surface area contributed by atoms with Crippen LogP contribution in [0.4, 0.5) is 5.69 Å². The number of methoxy groups -OCH3 is 1. The van der Waals surface area contributed by atoms with E-state index >= 15 is 0 Å². The smallest absolute Gasteiger partial charge is 0.160 e. The van der Waals surface area contributed by atoms with Gasteiger partial charge in [-0.05, 0) is 19.4 Å². The summed E-state index contributed by atoms with van der Waals surface area (Å²) < 4.78 is 27.9. The Morgan fingerprint density at radius 2 is 2.29 bits per heavy atom. The molecule has 1 aliphatic heterocycles. The molecule has 5 nitrogen and oxygen atoms in total. The molecule has 0 aromatic carbocycles. The monoisotopic (exact) mass is 256 g/mol. The molecule has 2 heterocycles. The molecular weight excluding hydrogens is 240 g/mol. The minimum Gasteiger partial charge on any atom is -0.493 e. The molecule has 6 heteroatoms. The predicted molar refractivity (Wildman–Crippen MR) is 66.2 cm³/mol. The van der Waals surface area contributed by atoms with Gasteiger partial charge in [0.2, 0.25) is 0 Å². The first kappa shape index (κ1) is 12.2. The molecule has 0 radical (unpaired) electrons. The number of anilines is 1. The summed E-state index contributed by atoms with van der Waals surface area (Å²) in [5, 5.41) is 3.21. The summed E-state index contributed by atoms with van der Waals surface area (Å²) in [5.74, 6) is 1.09. The Labute approximate surface area is 101 Å². The van der Waals surface area contributed by atoms with E-state index in [4.69, 9.17) is 4.74 Å². The largest absolute Gasteiger partial charge is 0.493 e. The number of hydrogen-bond donors (Lipinski definition) is 1. The van der Waals surface area contributed by atoms with E-state index in [1.165, 1.54) is 0 Å². The lowest BCUT2D eigenvalue weighted by Gasteiger charge is -2.15. The molecule has 0 aliphatic carbocycles. The fourth-order valence-corrected chi connectivity index (χ4v) is 3.62. The van der Waals surface area contributed by atoms with Gasteiger partial charge in [-0.25, -0.2) is 8.42 Å². The Kier molecular flexibility index (Phi) is 3.24. The van der Waals surface area contributed by atoms with Crippen molar-refractivity contribution in [2.75, 3.05) is 23.9 Å². The highest BCUT2D eigenvalue weighted by molar-refractivity contribution is 7.91. The summed E-state index contributed by atoms with van der Waals surface area (Å²) in [4.78, 5) is 4.13. The first-order chi connectivity index (χ1) is 8.00. The quantitative estimate of drug-likeness (QED) is 0.873. The standard InChI is InChI=1S/C11H16N2O3S/c1-8-5-10(11(16-2)6-12-8)13-9-3-4-17(14,15)7-9/h5-6,9H,3-4,7H2,1-2H3,(H,12,13). The minimum atomic E-state index is -2.86. The second-order valence-corrected chi connectivity index (χ2v) is 6.50. The molecule has 1 saturated heterocycles. The molecule has 0 spiro atoms. The molecule has 1 N–H and O–H groups in total. The number of rotatable bonds is 3. The maximum Gasteiger partial charge on any atom is 0.160 e. The van der Waals surface area contributed by atoms with Crippen LogP contribution in [0.15, 0.2) is 12.3 Å². The van der Waals surface area contributed by atoms with Crippen LogP contribution in [-0.2, 0) is 9.84 Å². The minimum absolute atomic E-state index is 0.0318. The van der Waals surface area contributed by atoms with Crippen molar-refractivity contribution in [1.29, 1.82) is 0 Å². The number of pyridine rings is 1. The second-order valence-electron chi connectivity index (χ2n) is 4.27. The Hall–Kier alpha value is -1.30. The van der Waals surface area contributed by atoms with Crippen LogP contribution in [0.25, 0.3) is 0 Å². The molecule has 1 aromatic rings. The number of aromatic nitrogens is 1. The zero-order chi connectivity index (χ0) is 12.5. The summed E-state index contributed by atoms with van der Waals surface area (Å²) in [7, 11) is -1.29. The molecule has 0 saturated carbocycles. The van der Waals surface area contributed by atoms with E-state index in [1.807, 2.05) is 13.0 Å². The lowest BCUT2D eigenvalue weighted by Crippen LogP contribution is -2.21. The Balaban J connectivity index is 2.16. The molecule has 94 valence electrons. The third kappa shape index (κ3) is 2.88. The summed E-state index contributed by atoms with van der Waals surface area (Å²) in [5.41, 5.74) is 1.68. The van der Waals surface area contributed by atoms with Crippen molar-refractivity contribution in [3.8, 4) is 5.75 Å².